The molecule has 9 heteroatoms. The lowest BCUT2D eigenvalue weighted by molar-refractivity contribution is 0.0568. The molecule has 0 saturated heterocycles. The van der Waals surface area contributed by atoms with E-state index in [1.807, 2.05) is 69.2 Å². The van der Waals surface area contributed by atoms with Gasteiger partial charge >= 0.3 is 12.2 Å². The molecule has 0 saturated carbocycles. The van der Waals surface area contributed by atoms with Gasteiger partial charge in [0.2, 0.25) is 0 Å². The molecule has 0 N–H and O–H groups in total. The molecule has 39 heavy (non-hydrogen) atoms. The number of halogens is 3. The van der Waals surface area contributed by atoms with Crippen molar-refractivity contribution in [2.75, 3.05) is 22.9 Å². The van der Waals surface area contributed by atoms with Gasteiger partial charge in [-0.3, -0.25) is 9.80 Å². The van der Waals surface area contributed by atoms with Crippen LogP contribution in [-0.2, 0) is 20.3 Å². The lowest BCUT2D eigenvalue weighted by Gasteiger charge is -2.25. The third-order valence-electron chi connectivity index (χ3n) is 6.33. The lowest BCUT2D eigenvalue weighted by atomic mass is 9.86. The van der Waals surface area contributed by atoms with Crippen molar-refractivity contribution in [3.63, 3.8) is 0 Å². The lowest BCUT2D eigenvalue weighted by Crippen LogP contribution is -2.38. The van der Waals surface area contributed by atoms with Crippen molar-refractivity contribution in [1.82, 2.24) is 0 Å². The highest BCUT2D eigenvalue weighted by atomic mass is 79.9. The standard InChI is InChI=1S/C15H19BrFNO2.C15H20FNO2/c1-14(2,3)20-13(19)18-8-15(4,5)11-10(18)7-6-9(16)12(11)17;1-14(2,3)19-13(18)17-9-15(4,5)12-10(16)7-6-8-11(12)17/h6-7H,8H2,1-5H3;6-8H,9H2,1-5H3. The number of benzene rings is 2. The van der Waals surface area contributed by atoms with Gasteiger partial charge in [0, 0.05) is 35.0 Å². The van der Waals surface area contributed by atoms with Gasteiger partial charge in [-0.15, -0.1) is 0 Å². The Morgan fingerprint density at radius 3 is 1.67 bits per heavy atom. The summed E-state index contributed by atoms with van der Waals surface area (Å²) in [7, 11) is 0. The van der Waals surface area contributed by atoms with Crippen molar-refractivity contribution in [2.24, 2.45) is 0 Å². The second-order valence-corrected chi connectivity index (χ2v) is 14.1. The van der Waals surface area contributed by atoms with E-state index in [0.717, 1.165) is 0 Å². The fourth-order valence-electron chi connectivity index (χ4n) is 4.90. The van der Waals surface area contributed by atoms with Gasteiger partial charge < -0.3 is 9.47 Å². The fraction of sp³-hybridized carbons (Fsp3) is 0.533. The Morgan fingerprint density at radius 1 is 0.769 bits per heavy atom. The number of amides is 2. The summed E-state index contributed by atoms with van der Waals surface area (Å²) in [4.78, 5) is 27.5. The minimum absolute atomic E-state index is 0.270. The van der Waals surface area contributed by atoms with Gasteiger partial charge in [0.05, 0.1) is 15.8 Å². The molecule has 2 heterocycles. The molecule has 2 aliphatic rings. The predicted molar refractivity (Wildman–Crippen MR) is 154 cm³/mol. The third kappa shape index (κ3) is 6.73. The van der Waals surface area contributed by atoms with Gasteiger partial charge in [-0.2, -0.15) is 0 Å². The van der Waals surface area contributed by atoms with E-state index >= 15 is 0 Å². The molecule has 0 aliphatic carbocycles. The van der Waals surface area contributed by atoms with Crippen LogP contribution in [0.3, 0.4) is 0 Å². The molecule has 0 aromatic heterocycles. The van der Waals surface area contributed by atoms with E-state index in [9.17, 15) is 18.4 Å². The number of ether oxygens (including phenoxy) is 2. The summed E-state index contributed by atoms with van der Waals surface area (Å²) in [6.07, 6.45) is -0.865. The Kier molecular flexibility index (Phi) is 8.21. The molecular weight excluding hydrogens is 570 g/mol. The third-order valence-corrected chi connectivity index (χ3v) is 6.95. The topological polar surface area (TPSA) is 59.1 Å². The molecule has 0 spiro atoms. The highest BCUT2D eigenvalue weighted by Gasteiger charge is 2.43. The average molecular weight is 610 g/mol. The Hall–Kier alpha value is -2.68. The molecule has 0 fully saturated rings. The van der Waals surface area contributed by atoms with E-state index in [1.54, 1.807) is 24.3 Å². The molecular formula is C30H39BrF2N2O4. The highest BCUT2D eigenvalue weighted by molar-refractivity contribution is 9.10. The summed E-state index contributed by atoms with van der Waals surface area (Å²) in [5, 5.41) is 0. The van der Waals surface area contributed by atoms with Crippen LogP contribution in [0.5, 0.6) is 0 Å². The molecule has 0 atom stereocenters. The zero-order valence-corrected chi connectivity index (χ0v) is 26.0. The Morgan fingerprint density at radius 2 is 1.21 bits per heavy atom. The van der Waals surface area contributed by atoms with Crippen molar-refractivity contribution in [1.29, 1.82) is 0 Å². The average Bonchev–Trinajstić information content (AvgIpc) is 3.20. The minimum atomic E-state index is -0.572. The highest BCUT2D eigenvalue weighted by Crippen LogP contribution is 2.45. The minimum Gasteiger partial charge on any atom is -0.443 e. The van der Waals surface area contributed by atoms with Gasteiger partial charge in [0.1, 0.15) is 22.8 Å². The van der Waals surface area contributed by atoms with Crippen molar-refractivity contribution in [2.45, 2.75) is 91.3 Å². The molecule has 0 radical (unpaired) electrons. The van der Waals surface area contributed by atoms with Gasteiger partial charge in [-0.25, -0.2) is 18.4 Å². The van der Waals surface area contributed by atoms with Crippen LogP contribution in [0.15, 0.2) is 34.8 Å². The van der Waals surface area contributed by atoms with Crippen molar-refractivity contribution in [3.05, 3.63) is 57.6 Å². The molecule has 2 aliphatic heterocycles. The maximum absolute atomic E-state index is 14.3. The van der Waals surface area contributed by atoms with Gasteiger partial charge in [-0.1, -0.05) is 33.8 Å². The van der Waals surface area contributed by atoms with E-state index in [2.05, 4.69) is 15.9 Å². The number of hydrogen-bond donors (Lipinski definition) is 0. The predicted octanol–water partition coefficient (Wildman–Crippen LogP) is 8.48. The quantitative estimate of drug-likeness (QED) is 0.301. The van der Waals surface area contributed by atoms with Gasteiger partial charge in [0.15, 0.2) is 0 Å². The summed E-state index contributed by atoms with van der Waals surface area (Å²) in [6, 6.07) is 8.18. The van der Waals surface area contributed by atoms with E-state index in [-0.39, 0.29) is 11.6 Å². The molecule has 6 nitrogen and oxygen atoms in total. The fourth-order valence-corrected chi connectivity index (χ4v) is 5.23. The number of carbonyl (C=O) groups is 2. The van der Waals surface area contributed by atoms with Crippen LogP contribution in [0.1, 0.15) is 80.4 Å². The summed E-state index contributed by atoms with van der Waals surface area (Å²) < 4.78 is 39.5. The van der Waals surface area contributed by atoms with Crippen LogP contribution in [0, 0.1) is 11.6 Å². The second-order valence-electron chi connectivity index (χ2n) is 13.3. The molecule has 2 amide bonds. The number of anilines is 2. The van der Waals surface area contributed by atoms with Crippen LogP contribution < -0.4 is 9.80 Å². The smallest absolute Gasteiger partial charge is 0.414 e. The molecule has 2 aromatic rings. The van der Waals surface area contributed by atoms with Crippen molar-refractivity contribution >= 4 is 39.5 Å². The molecule has 0 bridgehead atoms. The molecule has 0 unspecified atom stereocenters. The number of fused-ring (bicyclic) bond motifs is 2. The van der Waals surface area contributed by atoms with E-state index in [4.69, 9.17) is 9.47 Å². The molecule has 214 valence electrons. The Bertz CT molecular complexity index is 1280. The van der Waals surface area contributed by atoms with Crippen LogP contribution >= 0.6 is 15.9 Å². The van der Waals surface area contributed by atoms with Crippen LogP contribution in [-0.4, -0.2) is 36.5 Å². The number of hydrogen-bond acceptors (Lipinski definition) is 4. The first kappa shape index (κ1) is 30.9. The summed E-state index contributed by atoms with van der Waals surface area (Å²) in [5.41, 5.74) is 0.357. The second kappa shape index (κ2) is 10.4. The van der Waals surface area contributed by atoms with Crippen LogP contribution in [0.2, 0.25) is 0 Å². The monoisotopic (exact) mass is 608 g/mol. The maximum Gasteiger partial charge on any atom is 0.414 e. The SMILES string of the molecule is CC(C)(C)OC(=O)N1CC(C)(C)c2c(F)cccc21.CC(C)(C)OC(=O)N1CC(C)(C)c2c1ccc(Br)c2F. The van der Waals surface area contributed by atoms with E-state index in [0.29, 0.717) is 40.1 Å². The summed E-state index contributed by atoms with van der Waals surface area (Å²) in [6.45, 7) is 19.4. The number of nitrogens with zero attached hydrogens (tertiary/aromatic N) is 2. The number of carbonyl (C=O) groups excluding carboxylic acids is 2. The van der Waals surface area contributed by atoms with Gasteiger partial charge in [0.25, 0.3) is 0 Å². The van der Waals surface area contributed by atoms with Gasteiger partial charge in [-0.05, 0) is 81.7 Å². The molecule has 4 rings (SSSR count). The first-order chi connectivity index (χ1) is 17.6. The van der Waals surface area contributed by atoms with E-state index in [1.165, 1.54) is 15.9 Å². The van der Waals surface area contributed by atoms with Crippen LogP contribution in [0.4, 0.5) is 29.7 Å². The zero-order chi connectivity index (χ0) is 29.7. The summed E-state index contributed by atoms with van der Waals surface area (Å²) in [5.74, 6) is -0.577. The number of rotatable bonds is 0. The molecule has 2 aromatic carbocycles. The Balaban J connectivity index is 0.000000216. The maximum atomic E-state index is 14.3. The largest absolute Gasteiger partial charge is 0.443 e. The van der Waals surface area contributed by atoms with Crippen molar-refractivity contribution < 1.29 is 27.8 Å². The first-order valence-electron chi connectivity index (χ1n) is 12.9. The van der Waals surface area contributed by atoms with Crippen LogP contribution in [0.25, 0.3) is 0 Å². The zero-order valence-electron chi connectivity index (χ0n) is 24.5. The first-order valence-corrected chi connectivity index (χ1v) is 13.7. The van der Waals surface area contributed by atoms with Crippen molar-refractivity contribution in [3.8, 4) is 0 Å². The normalized spacial score (nSPS) is 17.2. The van der Waals surface area contributed by atoms with E-state index < -0.39 is 34.2 Å². The Labute approximate surface area is 238 Å². The summed E-state index contributed by atoms with van der Waals surface area (Å²) >= 11 is 3.20.